The number of aromatic nitrogens is 1. The molecule has 0 aliphatic carbocycles. The molecular weight excluding hydrogens is 373 g/mol. The average molecular weight is 383 g/mol. The van der Waals surface area contributed by atoms with Gasteiger partial charge in [0.2, 0.25) is 0 Å². The zero-order valence-electron chi connectivity index (χ0n) is 10.8. The topological polar surface area (TPSA) is 22.1 Å². The van der Waals surface area contributed by atoms with Crippen LogP contribution in [0, 0.1) is 0 Å². The van der Waals surface area contributed by atoms with Gasteiger partial charge in [-0.05, 0) is 42.0 Å². The first kappa shape index (κ1) is 14.6. The van der Waals surface area contributed by atoms with Crippen molar-refractivity contribution in [1.29, 1.82) is 0 Å². The summed E-state index contributed by atoms with van der Waals surface area (Å²) >= 11 is 15.8. The number of hydrogen-bond donors (Lipinski definition) is 0. The number of halogens is 3. The normalized spacial score (nSPS) is 10.8. The lowest BCUT2D eigenvalue weighted by molar-refractivity contribution is 0.487. The standard InChI is InChI=1S/C16H10BrCl2NO/c17-9-10-3-5-14(13(19)8-10)21-15-6-4-12(18)11-2-1-7-20-16(11)15/h1-8H,9H2. The number of hydrogen-bond acceptors (Lipinski definition) is 2. The maximum atomic E-state index is 6.25. The smallest absolute Gasteiger partial charge is 0.153 e. The highest BCUT2D eigenvalue weighted by molar-refractivity contribution is 9.08. The number of rotatable bonds is 3. The van der Waals surface area contributed by atoms with Crippen LogP contribution in [0.4, 0.5) is 0 Å². The van der Waals surface area contributed by atoms with Gasteiger partial charge in [-0.15, -0.1) is 0 Å². The fourth-order valence-electron chi connectivity index (χ4n) is 2.02. The highest BCUT2D eigenvalue weighted by atomic mass is 79.9. The van der Waals surface area contributed by atoms with Crippen LogP contribution < -0.4 is 4.74 Å². The van der Waals surface area contributed by atoms with E-state index in [-0.39, 0.29) is 0 Å². The van der Waals surface area contributed by atoms with Crippen molar-refractivity contribution < 1.29 is 4.74 Å². The molecule has 0 saturated heterocycles. The molecule has 21 heavy (non-hydrogen) atoms. The number of fused-ring (bicyclic) bond motifs is 1. The fourth-order valence-corrected chi connectivity index (χ4v) is 2.83. The molecule has 0 saturated carbocycles. The molecule has 0 aliphatic heterocycles. The molecule has 2 aromatic carbocycles. The Labute approximate surface area is 140 Å². The van der Waals surface area contributed by atoms with E-state index in [1.807, 2.05) is 30.3 Å². The molecule has 0 fully saturated rings. The summed E-state index contributed by atoms with van der Waals surface area (Å²) in [5.74, 6) is 1.22. The van der Waals surface area contributed by atoms with Gasteiger partial charge in [0.25, 0.3) is 0 Å². The molecule has 2 nitrogen and oxygen atoms in total. The van der Waals surface area contributed by atoms with Crippen LogP contribution in [0.2, 0.25) is 10.0 Å². The second-order valence-corrected chi connectivity index (χ2v) is 5.82. The molecule has 3 rings (SSSR count). The van der Waals surface area contributed by atoms with Gasteiger partial charge in [-0.2, -0.15) is 0 Å². The van der Waals surface area contributed by atoms with Crippen LogP contribution in [0.3, 0.4) is 0 Å². The Bertz CT molecular complexity index is 807. The lowest BCUT2D eigenvalue weighted by Crippen LogP contribution is -1.90. The van der Waals surface area contributed by atoms with Gasteiger partial charge < -0.3 is 4.74 Å². The Morgan fingerprint density at radius 1 is 1.00 bits per heavy atom. The lowest BCUT2D eigenvalue weighted by atomic mass is 10.2. The number of alkyl halides is 1. The molecule has 0 unspecified atom stereocenters. The lowest BCUT2D eigenvalue weighted by Gasteiger charge is -2.11. The largest absolute Gasteiger partial charge is 0.454 e. The van der Waals surface area contributed by atoms with E-state index in [0.29, 0.717) is 27.1 Å². The zero-order chi connectivity index (χ0) is 14.8. The summed E-state index contributed by atoms with van der Waals surface area (Å²) in [6.45, 7) is 0. The zero-order valence-corrected chi connectivity index (χ0v) is 13.9. The quantitative estimate of drug-likeness (QED) is 0.501. The Balaban J connectivity index is 2.04. The van der Waals surface area contributed by atoms with Crippen LogP contribution in [0.25, 0.3) is 10.9 Å². The van der Waals surface area contributed by atoms with E-state index < -0.39 is 0 Å². The minimum absolute atomic E-state index is 0.561. The SMILES string of the molecule is Clc1cc(CBr)ccc1Oc1ccc(Cl)c2cccnc12. The second kappa shape index (κ2) is 6.22. The Kier molecular flexibility index (Phi) is 4.34. The summed E-state index contributed by atoms with van der Waals surface area (Å²) < 4.78 is 5.91. The third-order valence-corrected chi connectivity index (χ3v) is 4.32. The molecule has 3 aromatic rings. The van der Waals surface area contributed by atoms with Gasteiger partial charge in [0.15, 0.2) is 5.75 Å². The third-order valence-electron chi connectivity index (χ3n) is 3.05. The first-order chi connectivity index (χ1) is 10.2. The molecule has 0 bridgehead atoms. The average Bonchev–Trinajstić information content (AvgIpc) is 2.52. The molecule has 0 amide bonds. The van der Waals surface area contributed by atoms with E-state index in [2.05, 4.69) is 20.9 Å². The van der Waals surface area contributed by atoms with Gasteiger partial charge in [0.1, 0.15) is 11.3 Å². The number of nitrogens with zero attached hydrogens (tertiary/aromatic N) is 1. The van der Waals surface area contributed by atoms with Crippen molar-refractivity contribution in [3.8, 4) is 11.5 Å². The van der Waals surface area contributed by atoms with Crippen LogP contribution in [-0.4, -0.2) is 4.98 Å². The highest BCUT2D eigenvalue weighted by Crippen LogP contribution is 2.35. The van der Waals surface area contributed by atoms with E-state index in [1.165, 1.54) is 0 Å². The first-order valence-electron chi connectivity index (χ1n) is 6.24. The predicted molar refractivity (Wildman–Crippen MR) is 90.9 cm³/mol. The van der Waals surface area contributed by atoms with Crippen molar-refractivity contribution in [2.24, 2.45) is 0 Å². The van der Waals surface area contributed by atoms with Crippen molar-refractivity contribution in [1.82, 2.24) is 4.98 Å². The van der Waals surface area contributed by atoms with Crippen LogP contribution in [0.15, 0.2) is 48.7 Å². The summed E-state index contributed by atoms with van der Waals surface area (Å²) in [6, 6.07) is 13.0. The van der Waals surface area contributed by atoms with Crippen LogP contribution in [0.1, 0.15) is 5.56 Å². The molecule has 0 N–H and O–H groups in total. The third kappa shape index (κ3) is 3.00. The molecule has 1 heterocycles. The molecule has 106 valence electrons. The molecular formula is C16H10BrCl2NO. The van der Waals surface area contributed by atoms with E-state index in [0.717, 1.165) is 16.3 Å². The van der Waals surface area contributed by atoms with Crippen LogP contribution in [0.5, 0.6) is 11.5 Å². The summed E-state index contributed by atoms with van der Waals surface area (Å²) in [7, 11) is 0. The molecule has 0 aliphatic rings. The van der Waals surface area contributed by atoms with Crippen molar-refractivity contribution >= 4 is 50.0 Å². The maximum absolute atomic E-state index is 6.25. The Morgan fingerprint density at radius 2 is 1.81 bits per heavy atom. The van der Waals surface area contributed by atoms with Crippen molar-refractivity contribution in [2.75, 3.05) is 0 Å². The van der Waals surface area contributed by atoms with Gasteiger partial charge in [-0.25, -0.2) is 0 Å². The Hall–Kier alpha value is -1.29. The molecule has 0 atom stereocenters. The van der Waals surface area contributed by atoms with Crippen LogP contribution >= 0.6 is 39.1 Å². The van der Waals surface area contributed by atoms with Gasteiger partial charge >= 0.3 is 0 Å². The van der Waals surface area contributed by atoms with E-state index in [4.69, 9.17) is 27.9 Å². The van der Waals surface area contributed by atoms with E-state index in [1.54, 1.807) is 18.3 Å². The summed E-state index contributed by atoms with van der Waals surface area (Å²) in [6.07, 6.45) is 1.71. The van der Waals surface area contributed by atoms with Crippen molar-refractivity contribution in [2.45, 2.75) is 5.33 Å². The minimum atomic E-state index is 0.561. The van der Waals surface area contributed by atoms with Gasteiger partial charge in [0.05, 0.1) is 10.0 Å². The number of benzene rings is 2. The summed E-state index contributed by atoms with van der Waals surface area (Å²) in [5.41, 5.74) is 1.80. The van der Waals surface area contributed by atoms with Gasteiger partial charge in [-0.1, -0.05) is 45.2 Å². The van der Waals surface area contributed by atoms with E-state index >= 15 is 0 Å². The predicted octanol–water partition coefficient (Wildman–Crippen LogP) is 6.23. The minimum Gasteiger partial charge on any atom is -0.454 e. The molecule has 5 heteroatoms. The molecule has 0 spiro atoms. The van der Waals surface area contributed by atoms with Crippen molar-refractivity contribution in [3.05, 3.63) is 64.3 Å². The molecule has 0 radical (unpaired) electrons. The van der Waals surface area contributed by atoms with E-state index in [9.17, 15) is 0 Å². The highest BCUT2D eigenvalue weighted by Gasteiger charge is 2.10. The summed E-state index contributed by atoms with van der Waals surface area (Å²) in [4.78, 5) is 4.34. The van der Waals surface area contributed by atoms with Crippen LogP contribution in [-0.2, 0) is 5.33 Å². The van der Waals surface area contributed by atoms with Crippen molar-refractivity contribution in [3.63, 3.8) is 0 Å². The second-order valence-electron chi connectivity index (χ2n) is 4.45. The number of pyridine rings is 1. The number of ether oxygens (including phenoxy) is 1. The van der Waals surface area contributed by atoms with Gasteiger partial charge in [0, 0.05) is 16.9 Å². The Morgan fingerprint density at radius 3 is 2.57 bits per heavy atom. The monoisotopic (exact) mass is 381 g/mol. The first-order valence-corrected chi connectivity index (χ1v) is 8.12. The van der Waals surface area contributed by atoms with Gasteiger partial charge in [-0.3, -0.25) is 4.98 Å². The summed E-state index contributed by atoms with van der Waals surface area (Å²) in [5, 5.41) is 2.81. The molecule has 1 aromatic heterocycles. The maximum Gasteiger partial charge on any atom is 0.153 e. The fraction of sp³-hybridized carbons (Fsp3) is 0.0625.